The van der Waals surface area contributed by atoms with Gasteiger partial charge in [0.15, 0.2) is 5.82 Å². The Morgan fingerprint density at radius 3 is 2.64 bits per heavy atom. The third kappa shape index (κ3) is 5.11. The molecule has 0 aliphatic carbocycles. The lowest BCUT2D eigenvalue weighted by atomic mass is 9.97. The first-order chi connectivity index (χ1) is 13.6. The van der Waals surface area contributed by atoms with Gasteiger partial charge in [-0.1, -0.05) is 55.6 Å². The predicted molar refractivity (Wildman–Crippen MR) is 110 cm³/mol. The summed E-state index contributed by atoms with van der Waals surface area (Å²) in [6.45, 7) is 8.07. The molecule has 152 valence electrons. The summed E-state index contributed by atoms with van der Waals surface area (Å²) < 4.78 is 5.38. The van der Waals surface area contributed by atoms with Gasteiger partial charge in [0.2, 0.25) is 5.91 Å². The van der Waals surface area contributed by atoms with Crippen LogP contribution in [-0.2, 0) is 11.3 Å². The molecule has 2 aromatic rings. The summed E-state index contributed by atoms with van der Waals surface area (Å²) in [5.41, 5.74) is 0.746. The van der Waals surface area contributed by atoms with Gasteiger partial charge in [-0.05, 0) is 25.0 Å². The van der Waals surface area contributed by atoms with Crippen LogP contribution >= 0.6 is 11.6 Å². The minimum Gasteiger partial charge on any atom is -0.340 e. The number of carbonyl (C=O) groups is 1. The first kappa shape index (κ1) is 20.8. The Hall–Kier alpha value is -1.92. The van der Waals surface area contributed by atoms with Gasteiger partial charge in [0.1, 0.15) is 0 Å². The predicted octanol–water partition coefficient (Wildman–Crippen LogP) is 4.25. The molecule has 1 aromatic carbocycles. The lowest BCUT2D eigenvalue weighted by Crippen LogP contribution is -2.50. The fourth-order valence-electron chi connectivity index (χ4n) is 3.60. The topological polar surface area (TPSA) is 62.5 Å². The highest BCUT2D eigenvalue weighted by atomic mass is 35.5. The second-order valence-electron chi connectivity index (χ2n) is 7.34. The highest BCUT2D eigenvalue weighted by Crippen LogP contribution is 2.26. The van der Waals surface area contributed by atoms with Crippen molar-refractivity contribution in [1.29, 1.82) is 0 Å². The van der Waals surface area contributed by atoms with E-state index in [2.05, 4.69) is 28.9 Å². The fourth-order valence-corrected chi connectivity index (χ4v) is 3.82. The number of amides is 1. The largest absolute Gasteiger partial charge is 0.340 e. The minimum absolute atomic E-state index is 0.168. The number of rotatable bonds is 8. The molecule has 7 heteroatoms. The van der Waals surface area contributed by atoms with Crippen molar-refractivity contribution in [2.45, 2.75) is 46.1 Å². The van der Waals surface area contributed by atoms with E-state index < -0.39 is 0 Å². The van der Waals surface area contributed by atoms with E-state index in [1.54, 1.807) is 6.07 Å². The van der Waals surface area contributed by atoms with Crippen LogP contribution in [0.25, 0.3) is 11.5 Å². The lowest BCUT2D eigenvalue weighted by molar-refractivity contribution is -0.137. The average molecular weight is 405 g/mol. The highest BCUT2D eigenvalue weighted by molar-refractivity contribution is 6.33. The summed E-state index contributed by atoms with van der Waals surface area (Å²) in [6.07, 6.45) is 4.18. The smallest absolute Gasteiger partial charge is 0.259 e. The Kier molecular flexibility index (Phi) is 7.45. The Labute approximate surface area is 171 Å². The standard InChI is InChI=1S/C21H29ClN4O2/c1-3-5-8-16(4-2)21(27)26-13-11-25(12-14-26)15-19-23-20(28-24-19)17-9-6-7-10-18(17)22/h6-7,9-10,16H,3-5,8,11-15H2,1-2H3. The summed E-state index contributed by atoms with van der Waals surface area (Å²) in [6, 6.07) is 7.44. The Bertz CT molecular complexity index is 771. The molecule has 0 saturated carbocycles. The molecule has 1 aliphatic rings. The third-order valence-corrected chi connectivity index (χ3v) is 5.70. The normalized spacial score (nSPS) is 16.3. The molecule has 1 saturated heterocycles. The number of benzene rings is 1. The van der Waals surface area contributed by atoms with Crippen LogP contribution in [0.5, 0.6) is 0 Å². The molecule has 28 heavy (non-hydrogen) atoms. The molecule has 0 spiro atoms. The van der Waals surface area contributed by atoms with Crippen LogP contribution in [-0.4, -0.2) is 52.0 Å². The van der Waals surface area contributed by atoms with Crippen molar-refractivity contribution in [1.82, 2.24) is 19.9 Å². The molecule has 0 bridgehead atoms. The summed E-state index contributed by atoms with van der Waals surface area (Å²) in [7, 11) is 0. The van der Waals surface area contributed by atoms with E-state index in [0.29, 0.717) is 29.2 Å². The first-order valence-electron chi connectivity index (χ1n) is 10.2. The molecule has 6 nitrogen and oxygen atoms in total. The number of piperazine rings is 1. The minimum atomic E-state index is 0.168. The molecule has 1 fully saturated rings. The molecular weight excluding hydrogens is 376 g/mol. The number of nitrogens with zero attached hydrogens (tertiary/aromatic N) is 4. The molecule has 1 aliphatic heterocycles. The quantitative estimate of drug-likeness (QED) is 0.658. The number of hydrogen-bond donors (Lipinski definition) is 0. The van der Waals surface area contributed by atoms with Crippen LogP contribution < -0.4 is 0 Å². The van der Waals surface area contributed by atoms with Crippen molar-refractivity contribution in [2.75, 3.05) is 26.2 Å². The van der Waals surface area contributed by atoms with Gasteiger partial charge in [-0.3, -0.25) is 9.69 Å². The van der Waals surface area contributed by atoms with Crippen molar-refractivity contribution in [2.24, 2.45) is 5.92 Å². The van der Waals surface area contributed by atoms with E-state index in [1.807, 2.05) is 23.1 Å². The fraction of sp³-hybridized carbons (Fsp3) is 0.571. The van der Waals surface area contributed by atoms with Gasteiger partial charge in [0.25, 0.3) is 5.89 Å². The molecule has 1 atom stereocenters. The van der Waals surface area contributed by atoms with Crippen LogP contribution in [0.15, 0.2) is 28.8 Å². The van der Waals surface area contributed by atoms with Crippen molar-refractivity contribution < 1.29 is 9.32 Å². The second-order valence-corrected chi connectivity index (χ2v) is 7.75. The van der Waals surface area contributed by atoms with Crippen LogP contribution in [0.3, 0.4) is 0 Å². The van der Waals surface area contributed by atoms with E-state index in [1.165, 1.54) is 0 Å². The molecule has 1 aromatic heterocycles. The number of unbranched alkanes of at least 4 members (excludes halogenated alkanes) is 1. The third-order valence-electron chi connectivity index (χ3n) is 5.37. The van der Waals surface area contributed by atoms with E-state index in [-0.39, 0.29) is 5.92 Å². The molecule has 0 radical (unpaired) electrons. The lowest BCUT2D eigenvalue weighted by Gasteiger charge is -2.35. The number of carbonyl (C=O) groups excluding carboxylic acids is 1. The van der Waals surface area contributed by atoms with Crippen LogP contribution in [0.4, 0.5) is 0 Å². The van der Waals surface area contributed by atoms with Gasteiger partial charge in [-0.15, -0.1) is 0 Å². The summed E-state index contributed by atoms with van der Waals surface area (Å²) >= 11 is 6.20. The molecule has 1 unspecified atom stereocenters. The first-order valence-corrected chi connectivity index (χ1v) is 10.6. The second kappa shape index (κ2) is 10.0. The van der Waals surface area contributed by atoms with Crippen molar-refractivity contribution in [3.8, 4) is 11.5 Å². The molecule has 0 N–H and O–H groups in total. The Morgan fingerprint density at radius 2 is 1.96 bits per heavy atom. The maximum atomic E-state index is 12.7. The van der Waals surface area contributed by atoms with E-state index in [4.69, 9.17) is 16.1 Å². The summed E-state index contributed by atoms with van der Waals surface area (Å²) in [5.74, 6) is 1.57. The van der Waals surface area contributed by atoms with Gasteiger partial charge >= 0.3 is 0 Å². The summed E-state index contributed by atoms with van der Waals surface area (Å²) in [5, 5.41) is 4.69. The van der Waals surface area contributed by atoms with E-state index in [0.717, 1.165) is 57.4 Å². The maximum Gasteiger partial charge on any atom is 0.259 e. The van der Waals surface area contributed by atoms with Crippen LogP contribution in [0.2, 0.25) is 5.02 Å². The number of aromatic nitrogens is 2. The molecular formula is C21H29ClN4O2. The van der Waals surface area contributed by atoms with Crippen molar-refractivity contribution >= 4 is 17.5 Å². The van der Waals surface area contributed by atoms with Crippen LogP contribution in [0, 0.1) is 5.92 Å². The molecule has 2 heterocycles. The Morgan fingerprint density at radius 1 is 1.21 bits per heavy atom. The number of hydrogen-bond acceptors (Lipinski definition) is 5. The van der Waals surface area contributed by atoms with Gasteiger partial charge in [0.05, 0.1) is 17.1 Å². The summed E-state index contributed by atoms with van der Waals surface area (Å²) in [4.78, 5) is 21.5. The zero-order valence-corrected chi connectivity index (χ0v) is 17.5. The van der Waals surface area contributed by atoms with Gasteiger partial charge in [0, 0.05) is 32.1 Å². The maximum absolute atomic E-state index is 12.7. The van der Waals surface area contributed by atoms with Crippen LogP contribution in [0.1, 0.15) is 45.4 Å². The highest BCUT2D eigenvalue weighted by Gasteiger charge is 2.26. The monoisotopic (exact) mass is 404 g/mol. The van der Waals surface area contributed by atoms with Gasteiger partial charge in [-0.2, -0.15) is 4.98 Å². The molecule has 3 rings (SSSR count). The van der Waals surface area contributed by atoms with Crippen molar-refractivity contribution in [3.05, 3.63) is 35.1 Å². The average Bonchev–Trinajstić information content (AvgIpc) is 3.17. The SMILES string of the molecule is CCCCC(CC)C(=O)N1CCN(Cc2noc(-c3ccccc3Cl)n2)CC1. The molecule has 1 amide bonds. The number of halogens is 1. The van der Waals surface area contributed by atoms with Crippen molar-refractivity contribution in [3.63, 3.8) is 0 Å². The van der Waals surface area contributed by atoms with Gasteiger partial charge < -0.3 is 9.42 Å². The van der Waals surface area contributed by atoms with E-state index >= 15 is 0 Å². The zero-order chi connectivity index (χ0) is 19.9. The van der Waals surface area contributed by atoms with Gasteiger partial charge in [-0.25, -0.2) is 0 Å². The Balaban J connectivity index is 1.52. The van der Waals surface area contributed by atoms with E-state index in [9.17, 15) is 4.79 Å². The zero-order valence-electron chi connectivity index (χ0n) is 16.7.